The Hall–Kier alpha value is -2.67. The molecule has 2 aromatic carbocycles. The first-order valence-electron chi connectivity index (χ1n) is 9.02. The molecule has 2 atom stereocenters. The molecule has 0 fully saturated rings. The number of sulfonamides is 1. The lowest BCUT2D eigenvalue weighted by Gasteiger charge is -2.22. The number of Topliss-reactive ketones (excluding diaryl/α,β-unsaturated/α-hetero) is 1. The van der Waals surface area contributed by atoms with Gasteiger partial charge >= 0.3 is 5.97 Å². The van der Waals surface area contributed by atoms with Crippen LogP contribution in [0.5, 0.6) is 0 Å². The fourth-order valence-corrected chi connectivity index (χ4v) is 4.73. The van der Waals surface area contributed by atoms with Gasteiger partial charge in [0.25, 0.3) is 0 Å². The molecule has 0 saturated carbocycles. The standard InChI is InChI=1S/C21H23NO5S/c1-13-5-7-16(8-6-13)20(23)15(3)27-21(24)17-9-10-19-18(12-17)11-14(2)22(19)28(4,25)26/h5-10,12,14-15H,11H2,1-4H3/t14-,15-/m0/s1. The van der Waals surface area contributed by atoms with E-state index in [4.69, 9.17) is 4.74 Å². The Bertz CT molecular complexity index is 1030. The van der Waals surface area contributed by atoms with E-state index < -0.39 is 22.1 Å². The van der Waals surface area contributed by atoms with Crippen LogP contribution in [-0.4, -0.2) is 38.6 Å². The van der Waals surface area contributed by atoms with Crippen LogP contribution in [0, 0.1) is 6.92 Å². The maximum absolute atomic E-state index is 12.5. The molecule has 0 bridgehead atoms. The molecule has 1 heterocycles. The van der Waals surface area contributed by atoms with Gasteiger partial charge in [-0.2, -0.15) is 0 Å². The molecule has 148 valence electrons. The van der Waals surface area contributed by atoms with Crippen LogP contribution in [-0.2, 0) is 21.2 Å². The molecule has 0 unspecified atom stereocenters. The van der Waals surface area contributed by atoms with E-state index in [0.717, 1.165) is 11.1 Å². The first kappa shape index (κ1) is 20.1. The van der Waals surface area contributed by atoms with Gasteiger partial charge in [-0.1, -0.05) is 29.8 Å². The van der Waals surface area contributed by atoms with E-state index in [2.05, 4.69) is 0 Å². The van der Waals surface area contributed by atoms with Crippen molar-refractivity contribution in [2.75, 3.05) is 10.6 Å². The fraction of sp³-hybridized carbons (Fsp3) is 0.333. The number of benzene rings is 2. The lowest BCUT2D eigenvalue weighted by atomic mass is 10.1. The van der Waals surface area contributed by atoms with E-state index in [9.17, 15) is 18.0 Å². The van der Waals surface area contributed by atoms with Gasteiger partial charge in [-0.05, 0) is 51.0 Å². The molecule has 0 spiro atoms. The van der Waals surface area contributed by atoms with Gasteiger partial charge in [0.15, 0.2) is 6.10 Å². The first-order chi connectivity index (χ1) is 13.1. The van der Waals surface area contributed by atoms with Crippen LogP contribution in [0.15, 0.2) is 42.5 Å². The molecule has 3 rings (SSSR count). The minimum atomic E-state index is -3.39. The molecule has 2 aromatic rings. The molecule has 28 heavy (non-hydrogen) atoms. The molecule has 0 aliphatic carbocycles. The van der Waals surface area contributed by atoms with Gasteiger partial charge in [-0.3, -0.25) is 9.10 Å². The van der Waals surface area contributed by atoms with Crippen molar-refractivity contribution in [1.82, 2.24) is 0 Å². The van der Waals surface area contributed by atoms with Gasteiger partial charge < -0.3 is 4.74 Å². The number of rotatable bonds is 5. The maximum atomic E-state index is 12.5. The summed E-state index contributed by atoms with van der Waals surface area (Å²) in [5.74, 6) is -0.882. The van der Waals surface area contributed by atoms with E-state index in [1.165, 1.54) is 16.6 Å². The number of ether oxygens (including phenoxy) is 1. The topological polar surface area (TPSA) is 80.8 Å². The second kappa shape index (κ2) is 7.39. The molecular formula is C21H23NO5S. The summed E-state index contributed by atoms with van der Waals surface area (Å²) in [7, 11) is -3.39. The van der Waals surface area contributed by atoms with Gasteiger partial charge in [0, 0.05) is 11.6 Å². The molecule has 0 aromatic heterocycles. The van der Waals surface area contributed by atoms with E-state index in [1.807, 2.05) is 26.0 Å². The normalized spacial score (nSPS) is 17.1. The molecule has 1 aliphatic heterocycles. The SMILES string of the molecule is Cc1ccc(C(=O)[C@H](C)OC(=O)c2ccc3c(c2)C[C@H](C)N3S(C)(=O)=O)cc1. The van der Waals surface area contributed by atoms with Crippen molar-refractivity contribution in [1.29, 1.82) is 0 Å². The van der Waals surface area contributed by atoms with E-state index in [-0.39, 0.29) is 11.8 Å². The number of nitrogens with zero attached hydrogens (tertiary/aromatic N) is 1. The Morgan fingerprint density at radius 3 is 2.32 bits per heavy atom. The Morgan fingerprint density at radius 1 is 1.11 bits per heavy atom. The van der Waals surface area contributed by atoms with Crippen LogP contribution in [0.3, 0.4) is 0 Å². The predicted molar refractivity (Wildman–Crippen MR) is 107 cm³/mol. The van der Waals surface area contributed by atoms with Crippen molar-refractivity contribution in [3.05, 3.63) is 64.7 Å². The smallest absolute Gasteiger partial charge is 0.338 e. The Balaban J connectivity index is 1.76. The summed E-state index contributed by atoms with van der Waals surface area (Å²) < 4.78 is 30.7. The highest BCUT2D eigenvalue weighted by atomic mass is 32.2. The molecule has 7 heteroatoms. The number of esters is 1. The Kier molecular flexibility index (Phi) is 5.30. The summed E-state index contributed by atoms with van der Waals surface area (Å²) in [6.07, 6.45) is 0.760. The zero-order valence-electron chi connectivity index (χ0n) is 16.3. The summed E-state index contributed by atoms with van der Waals surface area (Å²) in [5.41, 5.74) is 3.17. The number of aryl methyl sites for hydroxylation is 1. The zero-order chi connectivity index (χ0) is 20.6. The van der Waals surface area contributed by atoms with Crippen molar-refractivity contribution in [2.24, 2.45) is 0 Å². The Labute approximate surface area is 165 Å². The monoisotopic (exact) mass is 401 g/mol. The van der Waals surface area contributed by atoms with Crippen molar-refractivity contribution in [2.45, 2.75) is 39.3 Å². The van der Waals surface area contributed by atoms with Crippen molar-refractivity contribution in [3.8, 4) is 0 Å². The minimum Gasteiger partial charge on any atom is -0.451 e. The highest BCUT2D eigenvalue weighted by Gasteiger charge is 2.33. The third-order valence-corrected chi connectivity index (χ3v) is 6.09. The van der Waals surface area contributed by atoms with Crippen LogP contribution in [0.4, 0.5) is 5.69 Å². The summed E-state index contributed by atoms with van der Waals surface area (Å²) in [6.45, 7) is 5.29. The molecule has 0 radical (unpaired) electrons. The average Bonchev–Trinajstić information content (AvgIpc) is 2.96. The van der Waals surface area contributed by atoms with E-state index in [1.54, 1.807) is 31.2 Å². The van der Waals surface area contributed by atoms with E-state index in [0.29, 0.717) is 23.2 Å². The minimum absolute atomic E-state index is 0.210. The molecular weight excluding hydrogens is 378 g/mol. The number of hydrogen-bond acceptors (Lipinski definition) is 5. The predicted octanol–water partition coefficient (Wildman–Crippen LogP) is 3.13. The second-order valence-corrected chi connectivity index (χ2v) is 9.09. The van der Waals surface area contributed by atoms with Gasteiger partial charge in [0.1, 0.15) is 0 Å². The van der Waals surface area contributed by atoms with Crippen molar-refractivity contribution >= 4 is 27.5 Å². The van der Waals surface area contributed by atoms with Crippen LogP contribution < -0.4 is 4.31 Å². The number of carbonyl (C=O) groups excluding carboxylic acids is 2. The number of ketones is 1. The molecule has 0 amide bonds. The maximum Gasteiger partial charge on any atom is 0.338 e. The van der Waals surface area contributed by atoms with Crippen molar-refractivity contribution in [3.63, 3.8) is 0 Å². The van der Waals surface area contributed by atoms with Crippen molar-refractivity contribution < 1.29 is 22.7 Å². The van der Waals surface area contributed by atoms with Gasteiger partial charge in [-0.15, -0.1) is 0 Å². The van der Waals surface area contributed by atoms with Crippen LogP contribution in [0.1, 0.15) is 45.7 Å². The molecule has 6 nitrogen and oxygen atoms in total. The van der Waals surface area contributed by atoms with Crippen LogP contribution in [0.25, 0.3) is 0 Å². The zero-order valence-corrected chi connectivity index (χ0v) is 17.1. The third-order valence-electron chi connectivity index (χ3n) is 4.81. The Morgan fingerprint density at radius 2 is 1.71 bits per heavy atom. The lowest BCUT2D eigenvalue weighted by Crippen LogP contribution is -2.34. The summed E-state index contributed by atoms with van der Waals surface area (Å²) in [6, 6.07) is 11.6. The number of anilines is 1. The summed E-state index contributed by atoms with van der Waals surface area (Å²) >= 11 is 0. The number of fused-ring (bicyclic) bond motifs is 1. The summed E-state index contributed by atoms with van der Waals surface area (Å²) in [4.78, 5) is 25.0. The quantitative estimate of drug-likeness (QED) is 0.568. The average molecular weight is 401 g/mol. The third kappa shape index (κ3) is 3.94. The molecule has 0 saturated heterocycles. The van der Waals surface area contributed by atoms with E-state index >= 15 is 0 Å². The number of hydrogen-bond donors (Lipinski definition) is 0. The van der Waals surface area contributed by atoms with Gasteiger partial charge in [0.2, 0.25) is 15.8 Å². The van der Waals surface area contributed by atoms with Gasteiger partial charge in [-0.25, -0.2) is 13.2 Å². The largest absolute Gasteiger partial charge is 0.451 e. The number of carbonyl (C=O) groups is 2. The molecule has 1 aliphatic rings. The highest BCUT2D eigenvalue weighted by molar-refractivity contribution is 7.92. The highest BCUT2D eigenvalue weighted by Crippen LogP contribution is 2.34. The van der Waals surface area contributed by atoms with Crippen LogP contribution >= 0.6 is 0 Å². The second-order valence-electron chi connectivity index (χ2n) is 7.23. The summed E-state index contributed by atoms with van der Waals surface area (Å²) in [5, 5.41) is 0. The van der Waals surface area contributed by atoms with Crippen LogP contribution in [0.2, 0.25) is 0 Å². The first-order valence-corrected chi connectivity index (χ1v) is 10.9. The fourth-order valence-electron chi connectivity index (χ4n) is 3.47. The lowest BCUT2D eigenvalue weighted by molar-refractivity contribution is 0.0318. The van der Waals surface area contributed by atoms with Gasteiger partial charge in [0.05, 0.1) is 17.5 Å². The molecule has 0 N–H and O–H groups in total.